The van der Waals surface area contributed by atoms with Gasteiger partial charge in [-0.1, -0.05) is 11.6 Å². The van der Waals surface area contributed by atoms with E-state index in [1.807, 2.05) is 5.38 Å². The molecule has 0 aliphatic heterocycles. The van der Waals surface area contributed by atoms with Gasteiger partial charge in [0.1, 0.15) is 0 Å². The molecular weight excluding hydrogens is 244 g/mol. The molecule has 1 heterocycles. The average Bonchev–Trinajstić information content (AvgIpc) is 2.77. The van der Waals surface area contributed by atoms with Crippen LogP contribution in [0.3, 0.4) is 0 Å². The number of hydrogen-bond donors (Lipinski definition) is 2. The van der Waals surface area contributed by atoms with E-state index in [-0.39, 0.29) is 5.91 Å². The largest absolute Gasteiger partial charge is 0.397 e. The maximum absolute atomic E-state index is 11.7. The van der Waals surface area contributed by atoms with E-state index in [1.54, 1.807) is 29.6 Å². The van der Waals surface area contributed by atoms with Gasteiger partial charge in [0.2, 0.25) is 0 Å². The van der Waals surface area contributed by atoms with Crippen molar-refractivity contribution in [2.75, 3.05) is 11.1 Å². The van der Waals surface area contributed by atoms with Crippen molar-refractivity contribution in [1.29, 1.82) is 0 Å². The minimum atomic E-state index is -0.150. The van der Waals surface area contributed by atoms with Crippen molar-refractivity contribution in [3.8, 4) is 0 Å². The summed E-state index contributed by atoms with van der Waals surface area (Å²) in [5.74, 6) is -0.150. The molecule has 0 radical (unpaired) electrons. The standard InChI is InChI=1S/C11H9ClN2OS/c12-9-2-1-8(5-10(9)13)14-11(15)7-3-4-16-6-7/h1-6H,13H2,(H,14,15). The second-order valence-corrected chi connectivity index (χ2v) is 4.39. The Balaban J connectivity index is 2.15. The molecule has 1 aromatic carbocycles. The van der Waals surface area contributed by atoms with E-state index in [1.165, 1.54) is 11.3 Å². The highest BCUT2D eigenvalue weighted by molar-refractivity contribution is 7.08. The van der Waals surface area contributed by atoms with E-state index in [0.717, 1.165) is 0 Å². The van der Waals surface area contributed by atoms with E-state index in [0.29, 0.717) is 22.0 Å². The van der Waals surface area contributed by atoms with Crippen molar-refractivity contribution in [3.63, 3.8) is 0 Å². The van der Waals surface area contributed by atoms with E-state index in [4.69, 9.17) is 17.3 Å². The molecule has 3 N–H and O–H groups in total. The lowest BCUT2D eigenvalue weighted by atomic mass is 10.2. The van der Waals surface area contributed by atoms with Crippen LogP contribution in [0, 0.1) is 0 Å². The zero-order chi connectivity index (χ0) is 11.5. The van der Waals surface area contributed by atoms with Gasteiger partial charge in [-0.15, -0.1) is 0 Å². The average molecular weight is 253 g/mol. The summed E-state index contributed by atoms with van der Waals surface area (Å²) in [5, 5.41) is 6.86. The molecule has 3 nitrogen and oxygen atoms in total. The molecule has 0 bridgehead atoms. The highest BCUT2D eigenvalue weighted by atomic mass is 35.5. The summed E-state index contributed by atoms with van der Waals surface area (Å²) in [6.07, 6.45) is 0. The summed E-state index contributed by atoms with van der Waals surface area (Å²) in [4.78, 5) is 11.7. The summed E-state index contributed by atoms with van der Waals surface area (Å²) >= 11 is 7.26. The molecule has 2 aromatic rings. The fourth-order valence-electron chi connectivity index (χ4n) is 1.22. The molecule has 1 amide bonds. The van der Waals surface area contributed by atoms with E-state index in [9.17, 15) is 4.79 Å². The zero-order valence-corrected chi connectivity index (χ0v) is 9.81. The number of amides is 1. The second kappa shape index (κ2) is 4.55. The molecule has 0 spiro atoms. The SMILES string of the molecule is Nc1cc(NC(=O)c2ccsc2)ccc1Cl. The lowest BCUT2D eigenvalue weighted by Crippen LogP contribution is -2.10. The molecule has 0 unspecified atom stereocenters. The number of nitrogen functional groups attached to an aromatic ring is 1. The minimum absolute atomic E-state index is 0.150. The molecule has 16 heavy (non-hydrogen) atoms. The van der Waals surface area contributed by atoms with Crippen molar-refractivity contribution in [1.82, 2.24) is 0 Å². The van der Waals surface area contributed by atoms with Crippen LogP contribution >= 0.6 is 22.9 Å². The third-order valence-electron chi connectivity index (χ3n) is 2.04. The van der Waals surface area contributed by atoms with E-state index >= 15 is 0 Å². The van der Waals surface area contributed by atoms with Gasteiger partial charge in [-0.3, -0.25) is 4.79 Å². The van der Waals surface area contributed by atoms with E-state index in [2.05, 4.69) is 5.32 Å². The molecule has 2 rings (SSSR count). The van der Waals surface area contributed by atoms with Gasteiger partial charge in [0.05, 0.1) is 16.3 Å². The maximum atomic E-state index is 11.7. The fraction of sp³-hybridized carbons (Fsp3) is 0. The number of carbonyl (C=O) groups is 1. The van der Waals surface area contributed by atoms with Crippen LogP contribution in [0.25, 0.3) is 0 Å². The van der Waals surface area contributed by atoms with Crippen LogP contribution in [0.4, 0.5) is 11.4 Å². The summed E-state index contributed by atoms with van der Waals surface area (Å²) in [7, 11) is 0. The fourth-order valence-corrected chi connectivity index (χ4v) is 1.97. The molecule has 0 fully saturated rings. The number of hydrogen-bond acceptors (Lipinski definition) is 3. The Bertz CT molecular complexity index is 511. The Kier molecular flexibility index (Phi) is 3.12. The highest BCUT2D eigenvalue weighted by Gasteiger charge is 2.06. The first kappa shape index (κ1) is 11.0. The molecule has 0 saturated heterocycles. The predicted octanol–water partition coefficient (Wildman–Crippen LogP) is 3.24. The Labute approximate surface area is 102 Å². The second-order valence-electron chi connectivity index (χ2n) is 3.20. The third kappa shape index (κ3) is 2.35. The van der Waals surface area contributed by atoms with Crippen molar-refractivity contribution in [2.45, 2.75) is 0 Å². The summed E-state index contributed by atoms with van der Waals surface area (Å²) in [5.41, 5.74) is 7.36. The van der Waals surface area contributed by atoms with Gasteiger partial charge < -0.3 is 11.1 Å². The topological polar surface area (TPSA) is 55.1 Å². The minimum Gasteiger partial charge on any atom is -0.397 e. The molecule has 5 heteroatoms. The van der Waals surface area contributed by atoms with Gasteiger partial charge >= 0.3 is 0 Å². The smallest absolute Gasteiger partial charge is 0.256 e. The first-order valence-corrected chi connectivity index (χ1v) is 5.87. The predicted molar refractivity (Wildman–Crippen MR) is 68.1 cm³/mol. The monoisotopic (exact) mass is 252 g/mol. The highest BCUT2D eigenvalue weighted by Crippen LogP contribution is 2.22. The lowest BCUT2D eigenvalue weighted by Gasteiger charge is -2.05. The van der Waals surface area contributed by atoms with Gasteiger partial charge in [-0.2, -0.15) is 11.3 Å². The third-order valence-corrected chi connectivity index (χ3v) is 3.06. The Morgan fingerprint density at radius 3 is 2.81 bits per heavy atom. The first-order chi connectivity index (χ1) is 7.66. The van der Waals surface area contributed by atoms with Gasteiger partial charge in [-0.05, 0) is 29.6 Å². The Hall–Kier alpha value is -1.52. The number of nitrogens with two attached hydrogens (primary N) is 1. The van der Waals surface area contributed by atoms with Gasteiger partial charge in [0.15, 0.2) is 0 Å². The summed E-state index contributed by atoms with van der Waals surface area (Å²) < 4.78 is 0. The maximum Gasteiger partial charge on any atom is 0.256 e. The number of rotatable bonds is 2. The van der Waals surface area contributed by atoms with Gasteiger partial charge in [0, 0.05) is 11.1 Å². The molecule has 0 saturated carbocycles. The van der Waals surface area contributed by atoms with Crippen LogP contribution in [0.15, 0.2) is 35.0 Å². The lowest BCUT2D eigenvalue weighted by molar-refractivity contribution is 0.102. The number of benzene rings is 1. The van der Waals surface area contributed by atoms with Crippen LogP contribution in [-0.2, 0) is 0 Å². The van der Waals surface area contributed by atoms with Crippen LogP contribution in [0.2, 0.25) is 5.02 Å². The van der Waals surface area contributed by atoms with Crippen LogP contribution in [0.5, 0.6) is 0 Å². The van der Waals surface area contributed by atoms with Crippen molar-refractivity contribution >= 4 is 40.2 Å². The normalized spacial score (nSPS) is 10.1. The number of nitrogens with one attached hydrogen (secondary N) is 1. The van der Waals surface area contributed by atoms with Crippen LogP contribution in [-0.4, -0.2) is 5.91 Å². The van der Waals surface area contributed by atoms with Crippen LogP contribution in [0.1, 0.15) is 10.4 Å². The van der Waals surface area contributed by atoms with Crippen LogP contribution < -0.4 is 11.1 Å². The van der Waals surface area contributed by atoms with Gasteiger partial charge in [0.25, 0.3) is 5.91 Å². The number of carbonyl (C=O) groups excluding carboxylic acids is 1. The summed E-state index contributed by atoms with van der Waals surface area (Å²) in [6.45, 7) is 0. The number of halogens is 1. The first-order valence-electron chi connectivity index (χ1n) is 4.55. The Morgan fingerprint density at radius 1 is 1.38 bits per heavy atom. The Morgan fingerprint density at radius 2 is 2.19 bits per heavy atom. The molecule has 82 valence electrons. The molecule has 0 aliphatic carbocycles. The zero-order valence-electron chi connectivity index (χ0n) is 8.24. The summed E-state index contributed by atoms with van der Waals surface area (Å²) in [6, 6.07) is 6.76. The van der Waals surface area contributed by atoms with Crippen molar-refractivity contribution in [2.24, 2.45) is 0 Å². The molecular formula is C11H9ClN2OS. The number of anilines is 2. The molecule has 0 aliphatic rings. The number of thiophene rings is 1. The quantitative estimate of drug-likeness (QED) is 0.807. The molecule has 1 aromatic heterocycles. The molecule has 0 atom stereocenters. The van der Waals surface area contributed by atoms with Crippen molar-refractivity contribution < 1.29 is 4.79 Å². The van der Waals surface area contributed by atoms with E-state index < -0.39 is 0 Å². The van der Waals surface area contributed by atoms with Crippen molar-refractivity contribution in [3.05, 3.63) is 45.6 Å². The van der Waals surface area contributed by atoms with Gasteiger partial charge in [-0.25, -0.2) is 0 Å².